The van der Waals surface area contributed by atoms with Crippen LogP contribution in [0.2, 0.25) is 0 Å². The molecule has 4 heteroatoms. The van der Waals surface area contributed by atoms with Crippen LogP contribution in [0.1, 0.15) is 46.5 Å². The smallest absolute Gasteiger partial charge is 0.244 e. The molecule has 0 bridgehead atoms. The first-order valence-corrected chi connectivity index (χ1v) is 6.41. The second-order valence-electron chi connectivity index (χ2n) is 4.26. The predicted molar refractivity (Wildman–Crippen MR) is 73.5 cm³/mol. The van der Waals surface area contributed by atoms with E-state index in [0.717, 1.165) is 25.7 Å². The molecule has 0 atom stereocenters. The van der Waals surface area contributed by atoms with Crippen molar-refractivity contribution in [2.45, 2.75) is 46.5 Å². The third kappa shape index (κ3) is 4.73. The minimum Gasteiger partial charge on any atom is -0.366 e. The minimum absolute atomic E-state index is 0.276. The Labute approximate surface area is 109 Å². The van der Waals surface area contributed by atoms with Crippen molar-refractivity contribution in [3.63, 3.8) is 0 Å². The zero-order valence-electron chi connectivity index (χ0n) is 11.5. The largest absolute Gasteiger partial charge is 0.366 e. The van der Waals surface area contributed by atoms with Crippen LogP contribution in [0.5, 0.6) is 0 Å². The van der Waals surface area contributed by atoms with Gasteiger partial charge in [0.25, 0.3) is 0 Å². The number of amides is 2. The van der Waals surface area contributed by atoms with E-state index in [9.17, 15) is 9.59 Å². The third-order valence-electron chi connectivity index (χ3n) is 3.04. The maximum Gasteiger partial charge on any atom is 0.244 e. The van der Waals surface area contributed by atoms with Gasteiger partial charge < -0.3 is 11.5 Å². The van der Waals surface area contributed by atoms with Crippen molar-refractivity contribution < 1.29 is 9.59 Å². The van der Waals surface area contributed by atoms with Crippen molar-refractivity contribution in [3.05, 3.63) is 23.3 Å². The molecular formula is C14H24N2O2. The molecule has 0 aliphatic rings. The summed E-state index contributed by atoms with van der Waals surface area (Å²) in [5.41, 5.74) is 11.7. The quantitative estimate of drug-likeness (QED) is 0.511. The molecule has 0 spiro atoms. The van der Waals surface area contributed by atoms with Gasteiger partial charge in [-0.2, -0.15) is 0 Å². The fourth-order valence-electron chi connectivity index (χ4n) is 2.11. The normalized spacial score (nSPS) is 14.4. The van der Waals surface area contributed by atoms with Crippen molar-refractivity contribution in [2.24, 2.45) is 17.4 Å². The number of nitrogens with two attached hydrogens (primary N) is 2. The summed E-state index contributed by atoms with van der Waals surface area (Å²) in [6.07, 6.45) is 7.14. The lowest BCUT2D eigenvalue weighted by molar-refractivity contribution is -0.115. The number of allylic oxidation sites excluding steroid dienone is 2. The topological polar surface area (TPSA) is 86.2 Å². The van der Waals surface area contributed by atoms with Crippen LogP contribution in [-0.4, -0.2) is 11.8 Å². The Balaban J connectivity index is 5.15. The number of rotatable bonds is 8. The summed E-state index contributed by atoms with van der Waals surface area (Å²) in [6.45, 7) is 5.60. The van der Waals surface area contributed by atoms with Crippen LogP contribution in [0.25, 0.3) is 0 Å². The fourth-order valence-corrected chi connectivity index (χ4v) is 2.11. The van der Waals surface area contributed by atoms with E-state index in [2.05, 4.69) is 6.92 Å². The molecule has 0 aromatic rings. The van der Waals surface area contributed by atoms with Gasteiger partial charge in [-0.3, -0.25) is 9.59 Å². The SMILES string of the molecule is CC=C(C(N)=O)C(CCCCC)C(=CC)C(N)=O. The third-order valence-corrected chi connectivity index (χ3v) is 3.04. The first kappa shape index (κ1) is 16.4. The Morgan fingerprint density at radius 3 is 1.72 bits per heavy atom. The van der Waals surface area contributed by atoms with Gasteiger partial charge in [-0.05, 0) is 20.3 Å². The molecular weight excluding hydrogens is 228 g/mol. The van der Waals surface area contributed by atoms with Gasteiger partial charge in [-0.25, -0.2) is 0 Å². The Morgan fingerprint density at radius 2 is 1.44 bits per heavy atom. The van der Waals surface area contributed by atoms with Crippen LogP contribution in [0, 0.1) is 5.92 Å². The average molecular weight is 252 g/mol. The summed E-state index contributed by atoms with van der Waals surface area (Å²) in [5, 5.41) is 0. The van der Waals surface area contributed by atoms with E-state index >= 15 is 0 Å². The lowest BCUT2D eigenvalue weighted by Crippen LogP contribution is -2.27. The molecule has 102 valence electrons. The van der Waals surface area contributed by atoms with Gasteiger partial charge in [0.15, 0.2) is 0 Å². The molecule has 0 aromatic heterocycles. The van der Waals surface area contributed by atoms with Gasteiger partial charge in [0.2, 0.25) is 11.8 Å². The first-order chi connectivity index (χ1) is 8.49. The molecule has 0 fully saturated rings. The van der Waals surface area contributed by atoms with Gasteiger partial charge in [-0.15, -0.1) is 0 Å². The summed E-state index contributed by atoms with van der Waals surface area (Å²) in [6, 6.07) is 0. The summed E-state index contributed by atoms with van der Waals surface area (Å²) >= 11 is 0. The molecule has 18 heavy (non-hydrogen) atoms. The Bertz CT molecular complexity index is 327. The Hall–Kier alpha value is -1.58. The lowest BCUT2D eigenvalue weighted by Gasteiger charge is -2.19. The Morgan fingerprint density at radius 1 is 1.00 bits per heavy atom. The van der Waals surface area contributed by atoms with E-state index in [0.29, 0.717) is 11.1 Å². The van der Waals surface area contributed by atoms with Crippen molar-refractivity contribution >= 4 is 11.8 Å². The van der Waals surface area contributed by atoms with E-state index in [1.165, 1.54) is 0 Å². The fraction of sp³-hybridized carbons (Fsp3) is 0.571. The monoisotopic (exact) mass is 252 g/mol. The molecule has 0 aliphatic heterocycles. The maximum atomic E-state index is 11.4. The van der Waals surface area contributed by atoms with E-state index in [-0.39, 0.29) is 5.92 Å². The maximum absolute atomic E-state index is 11.4. The minimum atomic E-state index is -0.486. The molecule has 0 aliphatic carbocycles. The van der Waals surface area contributed by atoms with Crippen LogP contribution in [-0.2, 0) is 9.59 Å². The number of carbonyl (C=O) groups is 2. The standard InChI is InChI=1S/C14H24N2O2/c1-4-7-8-9-12(10(5-2)13(15)17)11(6-3)14(16)18/h5-6,12H,4,7-9H2,1-3H3,(H2,15,17)(H2,16,18). The summed E-state index contributed by atoms with van der Waals surface area (Å²) in [7, 11) is 0. The van der Waals surface area contributed by atoms with Crippen molar-refractivity contribution in [1.29, 1.82) is 0 Å². The number of hydrogen-bond acceptors (Lipinski definition) is 2. The number of primary amides is 2. The van der Waals surface area contributed by atoms with Gasteiger partial charge in [0.05, 0.1) is 0 Å². The van der Waals surface area contributed by atoms with Gasteiger partial charge in [-0.1, -0.05) is 38.3 Å². The summed E-state index contributed by atoms with van der Waals surface area (Å²) < 4.78 is 0. The molecule has 0 radical (unpaired) electrons. The highest BCUT2D eigenvalue weighted by atomic mass is 16.1. The number of carbonyl (C=O) groups excluding carboxylic acids is 2. The van der Waals surface area contributed by atoms with E-state index in [4.69, 9.17) is 11.5 Å². The lowest BCUT2D eigenvalue weighted by atomic mass is 9.85. The molecule has 0 aromatic carbocycles. The highest BCUT2D eigenvalue weighted by Crippen LogP contribution is 2.26. The van der Waals surface area contributed by atoms with Crippen LogP contribution >= 0.6 is 0 Å². The number of hydrogen-bond donors (Lipinski definition) is 2. The average Bonchev–Trinajstić information content (AvgIpc) is 2.29. The second-order valence-corrected chi connectivity index (χ2v) is 4.26. The second kappa shape index (κ2) is 8.50. The molecule has 0 unspecified atom stereocenters. The zero-order valence-corrected chi connectivity index (χ0v) is 11.5. The van der Waals surface area contributed by atoms with Gasteiger partial charge in [0, 0.05) is 17.1 Å². The number of unbranched alkanes of at least 4 members (excludes halogenated alkanes) is 2. The molecule has 4 N–H and O–H groups in total. The summed E-state index contributed by atoms with van der Waals surface area (Å²) in [4.78, 5) is 22.8. The molecule has 0 saturated carbocycles. The van der Waals surface area contributed by atoms with Gasteiger partial charge in [0.1, 0.15) is 0 Å². The van der Waals surface area contributed by atoms with E-state index < -0.39 is 11.8 Å². The van der Waals surface area contributed by atoms with Crippen molar-refractivity contribution in [1.82, 2.24) is 0 Å². The highest BCUT2D eigenvalue weighted by Gasteiger charge is 2.24. The van der Waals surface area contributed by atoms with Crippen LogP contribution in [0.4, 0.5) is 0 Å². The molecule has 0 heterocycles. The highest BCUT2D eigenvalue weighted by molar-refractivity contribution is 5.98. The molecule has 2 amide bonds. The van der Waals surface area contributed by atoms with Crippen LogP contribution in [0.3, 0.4) is 0 Å². The molecule has 0 rings (SSSR count). The van der Waals surface area contributed by atoms with Crippen LogP contribution < -0.4 is 11.5 Å². The van der Waals surface area contributed by atoms with Crippen LogP contribution in [0.15, 0.2) is 23.3 Å². The van der Waals surface area contributed by atoms with Gasteiger partial charge >= 0.3 is 0 Å². The molecule has 4 nitrogen and oxygen atoms in total. The van der Waals surface area contributed by atoms with Crippen molar-refractivity contribution in [3.8, 4) is 0 Å². The van der Waals surface area contributed by atoms with Crippen molar-refractivity contribution in [2.75, 3.05) is 0 Å². The first-order valence-electron chi connectivity index (χ1n) is 6.41. The van der Waals surface area contributed by atoms with E-state index in [1.54, 1.807) is 26.0 Å². The Kier molecular flexibility index (Phi) is 7.76. The molecule has 0 saturated heterocycles. The van der Waals surface area contributed by atoms with E-state index in [1.807, 2.05) is 0 Å². The predicted octanol–water partition coefficient (Wildman–Crippen LogP) is 2.05. The zero-order chi connectivity index (χ0) is 14.1. The summed E-state index contributed by atoms with van der Waals surface area (Å²) in [5.74, 6) is -1.25.